The molecule has 1 amide bonds. The van der Waals surface area contributed by atoms with Crippen LogP contribution in [-0.4, -0.2) is 45.4 Å². The highest BCUT2D eigenvalue weighted by Crippen LogP contribution is 2.26. The van der Waals surface area contributed by atoms with Crippen molar-refractivity contribution in [1.82, 2.24) is 10.6 Å². The number of carboxylic acids is 1. The average molecular weight is 279 g/mol. The number of ketones is 1. The highest BCUT2D eigenvalue weighted by molar-refractivity contribution is 6.62. The molecule has 0 saturated carbocycles. The van der Waals surface area contributed by atoms with Crippen molar-refractivity contribution >= 4 is 23.4 Å². The molecule has 20 heavy (non-hydrogen) atoms. The highest BCUT2D eigenvalue weighted by atomic mass is 16.4. The largest absolute Gasteiger partial charge is 0.472 e. The van der Waals surface area contributed by atoms with Gasteiger partial charge in [-0.05, 0) is 6.92 Å². The Morgan fingerprint density at radius 3 is 2.55 bits per heavy atom. The van der Waals surface area contributed by atoms with Crippen LogP contribution in [0.15, 0.2) is 0 Å². The minimum Gasteiger partial charge on any atom is -0.472 e. The van der Waals surface area contributed by atoms with Gasteiger partial charge in [0.1, 0.15) is 0 Å². The van der Waals surface area contributed by atoms with Gasteiger partial charge in [0.15, 0.2) is 6.19 Å². The van der Waals surface area contributed by atoms with Crippen molar-refractivity contribution in [3.63, 3.8) is 0 Å². The molecule has 1 heterocycles. The summed E-state index contributed by atoms with van der Waals surface area (Å²) in [6.45, 7) is 3.03. The molecule has 4 atom stereocenters. The molecule has 0 aromatic rings. The molecule has 9 heteroatoms. The molecule has 0 spiro atoms. The number of hydrogen-bond acceptors (Lipinski definition) is 5. The number of carboxylic acid groups (broad SMARTS) is 1. The minimum atomic E-state index is -1.64. The van der Waals surface area contributed by atoms with E-state index in [4.69, 9.17) is 15.9 Å². The third-order valence-corrected chi connectivity index (χ3v) is 3.32. The van der Waals surface area contributed by atoms with E-state index in [0.29, 0.717) is 0 Å². The molecule has 0 aromatic heterocycles. The van der Waals surface area contributed by atoms with Gasteiger partial charge in [-0.25, -0.2) is 4.79 Å². The van der Waals surface area contributed by atoms with Crippen LogP contribution in [-0.2, 0) is 14.4 Å². The number of amides is 1. The number of nitriles is 1. The van der Waals surface area contributed by atoms with E-state index < -0.39 is 41.4 Å². The third kappa shape index (κ3) is 2.65. The zero-order chi connectivity index (χ0) is 15.4. The Labute approximate surface area is 114 Å². The Balaban J connectivity index is 2.88. The molecule has 9 nitrogen and oxygen atoms in total. The molecule has 0 aromatic carbocycles. The number of β-lactam (4-membered cyclic amide) rings is 1. The average Bonchev–Trinajstić information content (AvgIpc) is 2.35. The van der Waals surface area contributed by atoms with E-state index >= 15 is 0 Å². The van der Waals surface area contributed by atoms with Crippen LogP contribution >= 0.6 is 0 Å². The maximum atomic E-state index is 11.9. The summed E-state index contributed by atoms with van der Waals surface area (Å²) in [4.78, 5) is 36.6. The first-order valence-electron chi connectivity index (χ1n) is 5.79. The van der Waals surface area contributed by atoms with Crippen molar-refractivity contribution < 1.29 is 24.3 Å². The molecule has 0 aliphatic carbocycles. The smallest absolute Gasteiger partial charge is 0.441 e. The van der Waals surface area contributed by atoms with Crippen molar-refractivity contribution in [2.75, 3.05) is 0 Å². The lowest BCUT2D eigenvalue weighted by atomic mass is 9.75. The fourth-order valence-electron chi connectivity index (χ4n) is 2.16. The SMILES string of the molecule is CC(C(=O)C(=[N+]=[N-])C(=O)O)[C@H]1NC(=O)[C@@H]1C(C)NC#N. The van der Waals surface area contributed by atoms with Crippen LogP contribution in [0.2, 0.25) is 0 Å². The zero-order valence-electron chi connectivity index (χ0n) is 10.8. The van der Waals surface area contributed by atoms with Crippen LogP contribution in [0.25, 0.3) is 5.53 Å². The lowest BCUT2D eigenvalue weighted by Crippen LogP contribution is -2.67. The number of nitrogens with zero attached hydrogens (tertiary/aromatic N) is 3. The summed E-state index contributed by atoms with van der Waals surface area (Å²) in [5, 5.41) is 22.2. The molecule has 2 unspecified atom stereocenters. The summed E-state index contributed by atoms with van der Waals surface area (Å²) >= 11 is 0. The van der Waals surface area contributed by atoms with Gasteiger partial charge in [0.2, 0.25) is 5.91 Å². The van der Waals surface area contributed by atoms with Gasteiger partial charge in [-0.2, -0.15) is 10.1 Å². The Kier molecular flexibility index (Phi) is 4.56. The Morgan fingerprint density at radius 2 is 2.15 bits per heavy atom. The van der Waals surface area contributed by atoms with Crippen molar-refractivity contribution in [1.29, 1.82) is 5.26 Å². The molecule has 0 radical (unpaired) electrons. The first-order chi connectivity index (χ1) is 9.34. The molecule has 1 fully saturated rings. The minimum absolute atomic E-state index is 0.331. The van der Waals surface area contributed by atoms with Crippen LogP contribution < -0.4 is 10.6 Å². The first kappa shape index (κ1) is 15.3. The van der Waals surface area contributed by atoms with E-state index in [1.54, 1.807) is 13.1 Å². The van der Waals surface area contributed by atoms with Crippen LogP contribution in [0.5, 0.6) is 0 Å². The summed E-state index contributed by atoms with van der Waals surface area (Å²) < 4.78 is 0. The van der Waals surface area contributed by atoms with Gasteiger partial charge >= 0.3 is 11.7 Å². The lowest BCUT2D eigenvalue weighted by molar-refractivity contribution is -0.141. The third-order valence-electron chi connectivity index (χ3n) is 3.32. The van der Waals surface area contributed by atoms with E-state index in [0.717, 1.165) is 0 Å². The summed E-state index contributed by atoms with van der Waals surface area (Å²) in [5.41, 5.74) is 7.56. The van der Waals surface area contributed by atoms with Crippen LogP contribution in [0, 0.1) is 23.3 Å². The van der Waals surface area contributed by atoms with Crippen molar-refractivity contribution in [2.45, 2.75) is 25.9 Å². The van der Waals surface area contributed by atoms with E-state index in [1.165, 1.54) is 6.92 Å². The molecular formula is C11H13N5O4. The predicted octanol–water partition coefficient (Wildman–Crippen LogP) is -1.48. The normalized spacial score (nSPS) is 23.1. The predicted molar refractivity (Wildman–Crippen MR) is 64.1 cm³/mol. The van der Waals surface area contributed by atoms with Crippen molar-refractivity contribution in [3.05, 3.63) is 5.53 Å². The van der Waals surface area contributed by atoms with Crippen LogP contribution in [0.1, 0.15) is 13.8 Å². The summed E-state index contributed by atoms with van der Waals surface area (Å²) in [6, 6.07) is -1.12. The van der Waals surface area contributed by atoms with Gasteiger partial charge in [0.05, 0.1) is 12.0 Å². The number of hydrogen-bond donors (Lipinski definition) is 3. The number of Topliss-reactive ketones (excluding diaryl/α,β-unsaturated/α-hetero) is 1. The Hall–Kier alpha value is -2.72. The van der Waals surface area contributed by atoms with Gasteiger partial charge in [-0.3, -0.25) is 9.59 Å². The molecule has 1 aliphatic heterocycles. The number of nitrogens with one attached hydrogen (secondary N) is 2. The first-order valence-corrected chi connectivity index (χ1v) is 5.79. The van der Waals surface area contributed by atoms with Crippen molar-refractivity contribution in [3.8, 4) is 6.19 Å². The Morgan fingerprint density at radius 1 is 1.55 bits per heavy atom. The maximum absolute atomic E-state index is 11.9. The van der Waals surface area contributed by atoms with Crippen LogP contribution in [0.4, 0.5) is 0 Å². The maximum Gasteiger partial charge on any atom is 0.441 e. The molecule has 1 saturated heterocycles. The van der Waals surface area contributed by atoms with E-state index in [-0.39, 0.29) is 5.91 Å². The zero-order valence-corrected chi connectivity index (χ0v) is 10.8. The lowest BCUT2D eigenvalue weighted by Gasteiger charge is -2.42. The number of carbonyl (C=O) groups excluding carboxylic acids is 2. The molecular weight excluding hydrogens is 266 g/mol. The summed E-state index contributed by atoms with van der Waals surface area (Å²) in [6.07, 6.45) is 1.71. The molecule has 1 aliphatic rings. The van der Waals surface area contributed by atoms with E-state index in [1.807, 2.05) is 0 Å². The number of aliphatic carboxylic acids is 1. The second-order valence-corrected chi connectivity index (χ2v) is 4.51. The summed E-state index contributed by atoms with van der Waals surface area (Å²) in [5.74, 6) is -4.39. The fourth-order valence-corrected chi connectivity index (χ4v) is 2.16. The van der Waals surface area contributed by atoms with Crippen LogP contribution in [0.3, 0.4) is 0 Å². The van der Waals surface area contributed by atoms with Gasteiger partial charge in [-0.15, -0.1) is 0 Å². The van der Waals surface area contributed by atoms with E-state index in [9.17, 15) is 14.4 Å². The number of carbonyl (C=O) groups is 3. The van der Waals surface area contributed by atoms with Gasteiger partial charge < -0.3 is 21.3 Å². The quantitative estimate of drug-likeness (QED) is 0.102. The highest BCUT2D eigenvalue weighted by Gasteiger charge is 2.50. The molecule has 106 valence electrons. The number of rotatable bonds is 6. The van der Waals surface area contributed by atoms with Gasteiger partial charge in [0.25, 0.3) is 5.78 Å². The molecule has 1 rings (SSSR count). The topological polar surface area (TPSA) is 156 Å². The second kappa shape index (κ2) is 5.95. The second-order valence-electron chi connectivity index (χ2n) is 4.51. The van der Waals surface area contributed by atoms with Gasteiger partial charge in [-0.1, -0.05) is 6.92 Å². The Bertz CT molecular complexity index is 546. The molecule has 0 bridgehead atoms. The molecule has 3 N–H and O–H groups in total. The fraction of sp³-hybridized carbons (Fsp3) is 0.545. The van der Waals surface area contributed by atoms with Crippen molar-refractivity contribution in [2.24, 2.45) is 11.8 Å². The monoisotopic (exact) mass is 279 g/mol. The standard InChI is InChI=1S/C11H13N5O4/c1-4(9(17)8(16-13)11(19)20)7-6(10(18)15-7)5(2)14-3-12/h4-7,14H,1-2H3,(H,15,18)(H,19,20)/t4?,5?,6-,7-/m1/s1. The summed E-state index contributed by atoms with van der Waals surface area (Å²) in [7, 11) is 0. The van der Waals surface area contributed by atoms with E-state index in [2.05, 4.69) is 15.4 Å². The van der Waals surface area contributed by atoms with Gasteiger partial charge in [0, 0.05) is 12.0 Å².